The number of ketones is 1. The maximum atomic E-state index is 11.2. The molecule has 0 heterocycles. The molecule has 3 nitrogen and oxygen atoms in total. The van der Waals surface area contributed by atoms with Crippen molar-refractivity contribution in [3.05, 3.63) is 35.4 Å². The van der Waals surface area contributed by atoms with E-state index in [9.17, 15) is 4.79 Å². The molecule has 13 heavy (non-hydrogen) atoms. The van der Waals surface area contributed by atoms with Crippen molar-refractivity contribution in [2.45, 2.75) is 13.0 Å². The molecule has 0 unspecified atom stereocenters. The van der Waals surface area contributed by atoms with Crippen molar-refractivity contribution in [2.24, 2.45) is 0 Å². The van der Waals surface area contributed by atoms with Crippen molar-refractivity contribution in [2.75, 3.05) is 0 Å². The van der Waals surface area contributed by atoms with Gasteiger partial charge in [-0.25, -0.2) is 0 Å². The van der Waals surface area contributed by atoms with Crippen molar-refractivity contribution >= 4 is 5.78 Å². The van der Waals surface area contributed by atoms with Crippen LogP contribution in [0.3, 0.4) is 0 Å². The van der Waals surface area contributed by atoms with Crippen LogP contribution >= 0.6 is 0 Å². The third kappa shape index (κ3) is 2.14. The first-order valence-electron chi connectivity index (χ1n) is 3.87. The van der Waals surface area contributed by atoms with Crippen molar-refractivity contribution < 1.29 is 9.90 Å². The molecule has 0 saturated carbocycles. The van der Waals surface area contributed by atoms with Crippen molar-refractivity contribution in [3.63, 3.8) is 0 Å². The lowest BCUT2D eigenvalue weighted by Gasteiger charge is -2.02. The van der Waals surface area contributed by atoms with E-state index in [4.69, 9.17) is 10.4 Å². The first kappa shape index (κ1) is 9.43. The van der Waals surface area contributed by atoms with Gasteiger partial charge < -0.3 is 5.11 Å². The fourth-order valence-corrected chi connectivity index (χ4v) is 0.950. The Balaban J connectivity index is 2.94. The molecule has 0 radical (unpaired) electrons. The van der Waals surface area contributed by atoms with E-state index in [1.54, 1.807) is 12.1 Å². The summed E-state index contributed by atoms with van der Waals surface area (Å²) in [5.41, 5.74) is 0.927. The molecule has 0 aliphatic rings. The number of aliphatic hydroxyl groups excluding tert-OH is 1. The highest BCUT2D eigenvalue weighted by Gasteiger charge is 2.10. The van der Waals surface area contributed by atoms with Gasteiger partial charge >= 0.3 is 0 Å². The minimum Gasteiger partial charge on any atom is -0.385 e. The summed E-state index contributed by atoms with van der Waals surface area (Å²) in [6.07, 6.45) is -0.993. The molecule has 0 spiro atoms. The molecule has 1 aromatic rings. The average Bonchev–Trinajstić information content (AvgIpc) is 2.17. The Labute approximate surface area is 76.2 Å². The highest BCUT2D eigenvalue weighted by Crippen LogP contribution is 2.06. The average molecular weight is 175 g/mol. The van der Waals surface area contributed by atoms with Crippen LogP contribution in [0.5, 0.6) is 0 Å². The lowest BCUT2D eigenvalue weighted by Crippen LogP contribution is -2.15. The maximum absolute atomic E-state index is 11.2. The normalized spacial score (nSPS) is 11.8. The van der Waals surface area contributed by atoms with Crippen molar-refractivity contribution in [1.82, 2.24) is 0 Å². The molecule has 66 valence electrons. The van der Waals surface area contributed by atoms with Gasteiger partial charge in [-0.2, -0.15) is 5.26 Å². The summed E-state index contributed by atoms with van der Waals surface area (Å²) in [6, 6.07) is 8.12. The molecular formula is C10H9NO2. The largest absolute Gasteiger partial charge is 0.385 e. The summed E-state index contributed by atoms with van der Waals surface area (Å²) in [5, 5.41) is 17.5. The topological polar surface area (TPSA) is 61.1 Å². The van der Waals surface area contributed by atoms with Crippen molar-refractivity contribution in [3.8, 4) is 6.07 Å². The van der Waals surface area contributed by atoms with Gasteiger partial charge in [-0.15, -0.1) is 0 Å². The second-order valence-electron chi connectivity index (χ2n) is 2.73. The third-order valence-electron chi connectivity index (χ3n) is 1.68. The lowest BCUT2D eigenvalue weighted by molar-refractivity contribution is 0.0779. The molecule has 0 fully saturated rings. The van der Waals surface area contributed by atoms with E-state index in [0.717, 1.165) is 0 Å². The van der Waals surface area contributed by atoms with E-state index in [2.05, 4.69) is 0 Å². The number of carbonyl (C=O) groups is 1. The standard InChI is InChI=1S/C10H9NO2/c1-7(12)10(13)9-4-2-8(6-11)3-5-9/h2-5,7,12H,1H3/t7-/m1/s1. The second-order valence-corrected chi connectivity index (χ2v) is 2.73. The Kier molecular flexibility index (Phi) is 2.78. The number of hydrogen-bond donors (Lipinski definition) is 1. The van der Waals surface area contributed by atoms with E-state index in [0.29, 0.717) is 11.1 Å². The zero-order chi connectivity index (χ0) is 9.84. The minimum atomic E-state index is -0.993. The van der Waals surface area contributed by atoms with E-state index < -0.39 is 6.10 Å². The van der Waals surface area contributed by atoms with Gasteiger partial charge in [0.2, 0.25) is 0 Å². The number of rotatable bonds is 2. The Morgan fingerprint density at radius 1 is 1.46 bits per heavy atom. The highest BCUT2D eigenvalue weighted by molar-refractivity contribution is 5.99. The third-order valence-corrected chi connectivity index (χ3v) is 1.68. The summed E-state index contributed by atoms with van der Waals surface area (Å²) < 4.78 is 0. The van der Waals surface area contributed by atoms with E-state index in [-0.39, 0.29) is 5.78 Å². The monoisotopic (exact) mass is 175 g/mol. The molecule has 0 bridgehead atoms. The molecular weight excluding hydrogens is 166 g/mol. The Morgan fingerprint density at radius 3 is 2.38 bits per heavy atom. The predicted molar refractivity (Wildman–Crippen MR) is 47.2 cm³/mol. The summed E-state index contributed by atoms with van der Waals surface area (Å²) in [4.78, 5) is 11.2. The van der Waals surface area contributed by atoms with Crippen LogP contribution in [0.1, 0.15) is 22.8 Å². The van der Waals surface area contributed by atoms with Gasteiger partial charge in [-0.3, -0.25) is 4.79 Å². The van der Waals surface area contributed by atoms with Gasteiger partial charge in [0.15, 0.2) is 5.78 Å². The van der Waals surface area contributed by atoms with Gasteiger partial charge in [-0.1, -0.05) is 0 Å². The second kappa shape index (κ2) is 3.83. The maximum Gasteiger partial charge on any atom is 0.190 e. The lowest BCUT2D eigenvalue weighted by atomic mass is 10.1. The predicted octanol–water partition coefficient (Wildman–Crippen LogP) is 1.12. The van der Waals surface area contributed by atoms with Crippen LogP contribution < -0.4 is 0 Å². The van der Waals surface area contributed by atoms with Crippen molar-refractivity contribution in [1.29, 1.82) is 5.26 Å². The summed E-state index contributed by atoms with van der Waals surface area (Å²) in [5.74, 6) is -0.329. The van der Waals surface area contributed by atoms with Crippen LogP contribution in [-0.2, 0) is 0 Å². The fourth-order valence-electron chi connectivity index (χ4n) is 0.950. The zero-order valence-electron chi connectivity index (χ0n) is 7.19. The fraction of sp³-hybridized carbons (Fsp3) is 0.200. The molecule has 0 aliphatic heterocycles. The molecule has 1 atom stereocenters. The molecule has 3 heteroatoms. The van der Waals surface area contributed by atoms with Crippen LogP contribution in [0.25, 0.3) is 0 Å². The Morgan fingerprint density at radius 2 is 2.00 bits per heavy atom. The minimum absolute atomic E-state index is 0.329. The van der Waals surface area contributed by atoms with Crippen LogP contribution in [-0.4, -0.2) is 17.0 Å². The smallest absolute Gasteiger partial charge is 0.190 e. The van der Waals surface area contributed by atoms with Gasteiger partial charge in [0.25, 0.3) is 0 Å². The first-order valence-corrected chi connectivity index (χ1v) is 3.87. The van der Waals surface area contributed by atoms with Crippen LogP contribution in [0, 0.1) is 11.3 Å². The zero-order valence-corrected chi connectivity index (χ0v) is 7.19. The molecule has 0 saturated heterocycles. The molecule has 0 aromatic heterocycles. The quantitative estimate of drug-likeness (QED) is 0.685. The van der Waals surface area contributed by atoms with Gasteiger partial charge in [0.05, 0.1) is 11.6 Å². The van der Waals surface area contributed by atoms with Gasteiger partial charge in [0, 0.05) is 5.56 Å². The summed E-state index contributed by atoms with van der Waals surface area (Å²) in [7, 11) is 0. The number of benzene rings is 1. The van der Waals surface area contributed by atoms with Gasteiger partial charge in [0.1, 0.15) is 6.10 Å². The van der Waals surface area contributed by atoms with Gasteiger partial charge in [-0.05, 0) is 31.2 Å². The Bertz CT molecular complexity index is 346. The van der Waals surface area contributed by atoms with E-state index in [1.165, 1.54) is 19.1 Å². The molecule has 0 aliphatic carbocycles. The SMILES string of the molecule is C[C@@H](O)C(=O)c1ccc(C#N)cc1. The number of nitrogens with zero attached hydrogens (tertiary/aromatic N) is 1. The molecule has 1 aromatic carbocycles. The highest BCUT2D eigenvalue weighted by atomic mass is 16.3. The van der Waals surface area contributed by atoms with Crippen LogP contribution in [0.2, 0.25) is 0 Å². The van der Waals surface area contributed by atoms with Crippen LogP contribution in [0.15, 0.2) is 24.3 Å². The van der Waals surface area contributed by atoms with Crippen LogP contribution in [0.4, 0.5) is 0 Å². The van der Waals surface area contributed by atoms with E-state index in [1.807, 2.05) is 6.07 Å². The summed E-state index contributed by atoms with van der Waals surface area (Å²) >= 11 is 0. The molecule has 1 rings (SSSR count). The Hall–Kier alpha value is -1.66. The molecule has 0 amide bonds. The summed E-state index contributed by atoms with van der Waals surface area (Å²) in [6.45, 7) is 1.42. The molecule has 1 N–H and O–H groups in total. The first-order chi connectivity index (χ1) is 6.15. The number of Topliss-reactive ketones (excluding diaryl/α,β-unsaturated/α-hetero) is 1. The number of nitriles is 1. The number of aliphatic hydroxyl groups is 1. The number of hydrogen-bond acceptors (Lipinski definition) is 3. The van der Waals surface area contributed by atoms with E-state index >= 15 is 0 Å². The number of carbonyl (C=O) groups excluding carboxylic acids is 1.